The Morgan fingerprint density at radius 3 is 1.69 bits per heavy atom. The minimum Gasteiger partial charge on any atom is -0.456 e. The molecule has 0 spiro atoms. The summed E-state index contributed by atoms with van der Waals surface area (Å²) in [6.07, 6.45) is 0. The molecule has 1 aliphatic heterocycles. The summed E-state index contributed by atoms with van der Waals surface area (Å²) in [7, 11) is 0. The van der Waals surface area contributed by atoms with Crippen molar-refractivity contribution in [3.63, 3.8) is 0 Å². The summed E-state index contributed by atoms with van der Waals surface area (Å²) in [5.41, 5.74) is 5.09. The molecule has 0 saturated carbocycles. The summed E-state index contributed by atoms with van der Waals surface area (Å²) in [6.45, 7) is 0. The highest BCUT2D eigenvalue weighted by Crippen LogP contribution is 2.51. The van der Waals surface area contributed by atoms with Crippen LogP contribution in [-0.4, -0.2) is 15.0 Å². The lowest BCUT2D eigenvalue weighted by molar-refractivity contribution is 0.493. The molecule has 0 radical (unpaired) electrons. The zero-order chi connectivity index (χ0) is 27.6. The second-order valence-electron chi connectivity index (χ2n) is 10.5. The monoisotopic (exact) mass is 555 g/mol. The Balaban J connectivity index is 1.15. The van der Waals surface area contributed by atoms with Crippen LogP contribution in [0.15, 0.2) is 127 Å². The van der Waals surface area contributed by atoms with E-state index in [0.717, 1.165) is 39.3 Å². The number of rotatable bonds is 4. The van der Waals surface area contributed by atoms with E-state index in [9.17, 15) is 0 Å². The fourth-order valence-electron chi connectivity index (χ4n) is 5.90. The van der Waals surface area contributed by atoms with Crippen molar-refractivity contribution in [1.29, 1.82) is 0 Å². The number of thiophene rings is 1. The molecule has 0 bridgehead atoms. The molecule has 8 aromatic rings. The van der Waals surface area contributed by atoms with Crippen molar-refractivity contribution >= 4 is 42.3 Å². The van der Waals surface area contributed by atoms with Crippen LogP contribution < -0.4 is 4.74 Å². The van der Waals surface area contributed by atoms with Crippen molar-refractivity contribution in [3.05, 3.63) is 127 Å². The Morgan fingerprint density at radius 1 is 0.405 bits per heavy atom. The quantitative estimate of drug-likeness (QED) is 0.217. The third kappa shape index (κ3) is 3.64. The third-order valence-electron chi connectivity index (χ3n) is 7.90. The van der Waals surface area contributed by atoms with Crippen LogP contribution in [0.2, 0.25) is 0 Å². The number of nitrogens with zero attached hydrogens (tertiary/aromatic N) is 3. The standard InChI is InChI=1S/C37H21N3OS/c1-3-8-24(9-4-1)35-38-36(25-10-5-2-6-11-25)40-37(39-35)26-16-14-22(15-17-26)27-20-29-33-31(21-27)42-30-19-18-23-12-7-13-28(41-29)32(23)34(30)33/h1-21H. The number of aromatic nitrogens is 3. The lowest BCUT2D eigenvalue weighted by atomic mass is 9.97. The molecule has 4 nitrogen and oxygen atoms in total. The highest BCUT2D eigenvalue weighted by molar-refractivity contribution is 7.26. The summed E-state index contributed by atoms with van der Waals surface area (Å²) < 4.78 is 9.02. The van der Waals surface area contributed by atoms with Crippen molar-refractivity contribution < 1.29 is 4.74 Å². The van der Waals surface area contributed by atoms with E-state index in [1.165, 1.54) is 30.9 Å². The first-order valence-electron chi connectivity index (χ1n) is 13.9. The average Bonchev–Trinajstić information content (AvgIpc) is 3.45. The predicted octanol–water partition coefficient (Wildman–Crippen LogP) is 10.2. The van der Waals surface area contributed by atoms with Crippen LogP contribution in [0.3, 0.4) is 0 Å². The van der Waals surface area contributed by atoms with E-state index < -0.39 is 0 Å². The van der Waals surface area contributed by atoms with Gasteiger partial charge in [0.05, 0.1) is 0 Å². The molecule has 196 valence electrons. The van der Waals surface area contributed by atoms with Crippen LogP contribution >= 0.6 is 11.3 Å². The molecular formula is C37H21N3OS. The fraction of sp³-hybridized carbons (Fsp3) is 0. The third-order valence-corrected chi connectivity index (χ3v) is 9.00. The van der Waals surface area contributed by atoms with E-state index in [1.54, 1.807) is 0 Å². The van der Waals surface area contributed by atoms with Crippen LogP contribution in [0.1, 0.15) is 0 Å². The maximum absolute atomic E-state index is 6.49. The molecule has 0 aliphatic carbocycles. The zero-order valence-electron chi connectivity index (χ0n) is 22.3. The molecule has 0 unspecified atom stereocenters. The SMILES string of the molecule is c1ccc(-c2nc(-c3ccccc3)nc(-c3ccc(-c4cc5c6c(c4)sc4ccc7cccc(c7c46)O5)cc3)n2)cc1. The topological polar surface area (TPSA) is 47.9 Å². The van der Waals surface area contributed by atoms with Crippen molar-refractivity contribution in [3.8, 4) is 56.8 Å². The molecule has 5 heteroatoms. The molecule has 1 aliphatic rings. The average molecular weight is 556 g/mol. The maximum atomic E-state index is 6.49. The van der Waals surface area contributed by atoms with Crippen LogP contribution in [0.4, 0.5) is 0 Å². The Labute approximate surface area is 245 Å². The molecule has 42 heavy (non-hydrogen) atoms. The van der Waals surface area contributed by atoms with Gasteiger partial charge in [-0.05, 0) is 40.8 Å². The highest BCUT2D eigenvalue weighted by Gasteiger charge is 2.22. The zero-order valence-corrected chi connectivity index (χ0v) is 23.1. The molecule has 2 aromatic heterocycles. The minimum absolute atomic E-state index is 0.647. The number of hydrogen-bond acceptors (Lipinski definition) is 5. The Hall–Kier alpha value is -5.39. The van der Waals surface area contributed by atoms with Gasteiger partial charge in [0.2, 0.25) is 0 Å². The molecule has 6 aromatic carbocycles. The molecule has 0 saturated heterocycles. The molecule has 0 amide bonds. The van der Waals surface area contributed by atoms with Gasteiger partial charge in [-0.1, -0.05) is 103 Å². The van der Waals surface area contributed by atoms with Crippen molar-refractivity contribution in [2.75, 3.05) is 0 Å². The summed E-state index contributed by atoms with van der Waals surface area (Å²) in [4.78, 5) is 14.6. The Morgan fingerprint density at radius 2 is 1.02 bits per heavy atom. The second kappa shape index (κ2) is 9.06. The van der Waals surface area contributed by atoms with E-state index in [1.807, 2.05) is 72.0 Å². The Bertz CT molecular complexity index is 2250. The van der Waals surface area contributed by atoms with Crippen molar-refractivity contribution in [2.45, 2.75) is 0 Å². The van der Waals surface area contributed by atoms with Gasteiger partial charge >= 0.3 is 0 Å². The van der Waals surface area contributed by atoms with Gasteiger partial charge < -0.3 is 4.74 Å². The molecular weight excluding hydrogens is 534 g/mol. The summed E-state index contributed by atoms with van der Waals surface area (Å²) in [5.74, 6) is 3.81. The molecule has 0 N–H and O–H groups in total. The summed E-state index contributed by atoms with van der Waals surface area (Å²) in [6, 6.07) is 43.7. The van der Waals surface area contributed by atoms with Crippen LogP contribution in [-0.2, 0) is 0 Å². The molecule has 0 atom stereocenters. The summed E-state index contributed by atoms with van der Waals surface area (Å²) >= 11 is 1.82. The Kier molecular flexibility index (Phi) is 5.03. The lowest BCUT2D eigenvalue weighted by Gasteiger charge is -2.17. The van der Waals surface area contributed by atoms with Crippen LogP contribution in [0.5, 0.6) is 11.5 Å². The van der Waals surface area contributed by atoms with E-state index in [0.29, 0.717) is 17.5 Å². The number of benzene rings is 6. The minimum atomic E-state index is 0.647. The van der Waals surface area contributed by atoms with Gasteiger partial charge in [-0.3, -0.25) is 0 Å². The van der Waals surface area contributed by atoms with Crippen LogP contribution in [0, 0.1) is 0 Å². The maximum Gasteiger partial charge on any atom is 0.164 e. The van der Waals surface area contributed by atoms with Crippen molar-refractivity contribution in [1.82, 2.24) is 15.0 Å². The van der Waals surface area contributed by atoms with Gasteiger partial charge in [0.1, 0.15) is 11.5 Å². The summed E-state index contributed by atoms with van der Waals surface area (Å²) in [5, 5.41) is 4.96. The van der Waals surface area contributed by atoms with Gasteiger partial charge in [0.25, 0.3) is 0 Å². The first-order chi connectivity index (χ1) is 20.8. The normalized spacial score (nSPS) is 12.0. The van der Waals surface area contributed by atoms with Crippen LogP contribution in [0.25, 0.3) is 76.2 Å². The smallest absolute Gasteiger partial charge is 0.164 e. The molecule has 3 heterocycles. The number of hydrogen-bond donors (Lipinski definition) is 0. The predicted molar refractivity (Wildman–Crippen MR) is 172 cm³/mol. The van der Waals surface area contributed by atoms with E-state index in [-0.39, 0.29) is 0 Å². The fourth-order valence-corrected chi connectivity index (χ4v) is 7.06. The van der Waals surface area contributed by atoms with Crippen molar-refractivity contribution in [2.24, 2.45) is 0 Å². The van der Waals surface area contributed by atoms with E-state index in [4.69, 9.17) is 19.7 Å². The van der Waals surface area contributed by atoms with Gasteiger partial charge in [-0.2, -0.15) is 0 Å². The van der Waals surface area contributed by atoms with Gasteiger partial charge in [-0.15, -0.1) is 11.3 Å². The first-order valence-corrected chi connectivity index (χ1v) is 14.7. The van der Waals surface area contributed by atoms with Gasteiger partial charge in [0, 0.05) is 42.2 Å². The lowest BCUT2D eigenvalue weighted by Crippen LogP contribution is -2.00. The molecule has 9 rings (SSSR count). The number of ether oxygens (including phenoxy) is 1. The second-order valence-corrected chi connectivity index (χ2v) is 11.5. The van der Waals surface area contributed by atoms with E-state index >= 15 is 0 Å². The van der Waals surface area contributed by atoms with E-state index in [2.05, 4.69) is 66.7 Å². The first kappa shape index (κ1) is 23.3. The largest absolute Gasteiger partial charge is 0.456 e. The highest BCUT2D eigenvalue weighted by atomic mass is 32.1. The van der Waals surface area contributed by atoms with Gasteiger partial charge in [0.15, 0.2) is 17.5 Å². The van der Waals surface area contributed by atoms with Gasteiger partial charge in [-0.25, -0.2) is 15.0 Å². The molecule has 0 fully saturated rings.